The monoisotopic (exact) mass is 323 g/mol. The molecule has 0 radical (unpaired) electrons. The first-order valence-corrected chi connectivity index (χ1v) is 6.75. The number of carbonyl (C=O) groups is 1. The highest BCUT2D eigenvalue weighted by Crippen LogP contribution is 2.35. The van der Waals surface area contributed by atoms with Crippen LogP contribution in [0.4, 0.5) is 18.9 Å². The Labute approximate surface area is 130 Å². The summed E-state index contributed by atoms with van der Waals surface area (Å²) in [7, 11) is 1.47. The fourth-order valence-electron chi connectivity index (χ4n) is 2.41. The minimum atomic E-state index is -1.57. The largest absolute Gasteiger partial charge is 0.493 e. The van der Waals surface area contributed by atoms with E-state index in [9.17, 15) is 18.0 Å². The fourth-order valence-corrected chi connectivity index (χ4v) is 2.41. The SMILES string of the molecule is COc1cccc2c1OCC(=O)N(c1cc(F)c(F)c(F)c1)C2. The van der Waals surface area contributed by atoms with Gasteiger partial charge in [0.2, 0.25) is 0 Å². The van der Waals surface area contributed by atoms with Crippen LogP contribution in [0, 0.1) is 17.5 Å². The molecule has 0 N–H and O–H groups in total. The van der Waals surface area contributed by atoms with Crippen LogP contribution in [0.25, 0.3) is 0 Å². The molecule has 2 aromatic rings. The van der Waals surface area contributed by atoms with E-state index < -0.39 is 23.4 Å². The fraction of sp³-hybridized carbons (Fsp3) is 0.188. The van der Waals surface area contributed by atoms with E-state index >= 15 is 0 Å². The molecular formula is C16H12F3NO3. The quantitative estimate of drug-likeness (QED) is 0.798. The summed E-state index contributed by atoms with van der Waals surface area (Å²) in [4.78, 5) is 13.3. The summed E-state index contributed by atoms with van der Waals surface area (Å²) >= 11 is 0. The van der Waals surface area contributed by atoms with Crippen molar-refractivity contribution in [2.75, 3.05) is 18.6 Å². The van der Waals surface area contributed by atoms with Gasteiger partial charge < -0.3 is 14.4 Å². The second-order valence-electron chi connectivity index (χ2n) is 4.94. The van der Waals surface area contributed by atoms with E-state index in [1.54, 1.807) is 18.2 Å². The standard InChI is InChI=1S/C16H12F3NO3/c1-22-13-4-2-3-9-7-20(14(21)8-23-16(9)13)10-5-11(17)15(19)12(18)6-10/h2-6H,7-8H2,1H3. The number of ether oxygens (including phenoxy) is 2. The molecule has 1 aliphatic rings. The third-order valence-electron chi connectivity index (χ3n) is 3.53. The van der Waals surface area contributed by atoms with Gasteiger partial charge in [-0.2, -0.15) is 0 Å². The molecule has 0 fully saturated rings. The minimum Gasteiger partial charge on any atom is -0.493 e. The van der Waals surface area contributed by atoms with Gasteiger partial charge in [0.15, 0.2) is 35.6 Å². The number of hydrogen-bond acceptors (Lipinski definition) is 3. The molecule has 0 aromatic heterocycles. The summed E-state index contributed by atoms with van der Waals surface area (Å²) in [5, 5.41) is 0. The predicted molar refractivity (Wildman–Crippen MR) is 76.0 cm³/mol. The summed E-state index contributed by atoms with van der Waals surface area (Å²) in [5.41, 5.74) is 0.533. The number of halogens is 3. The number of amides is 1. The molecule has 4 nitrogen and oxygen atoms in total. The molecule has 0 saturated heterocycles. The van der Waals surface area contributed by atoms with Crippen molar-refractivity contribution in [3.63, 3.8) is 0 Å². The molecule has 0 spiro atoms. The summed E-state index contributed by atoms with van der Waals surface area (Å²) in [6, 6.07) is 6.65. The van der Waals surface area contributed by atoms with E-state index in [0.29, 0.717) is 17.1 Å². The van der Waals surface area contributed by atoms with Gasteiger partial charge in [0.05, 0.1) is 19.3 Å². The number of benzene rings is 2. The molecule has 23 heavy (non-hydrogen) atoms. The van der Waals surface area contributed by atoms with E-state index in [1.807, 2.05) is 0 Å². The van der Waals surface area contributed by atoms with Crippen LogP contribution in [-0.2, 0) is 11.3 Å². The average molecular weight is 323 g/mol. The van der Waals surface area contributed by atoms with Crippen molar-refractivity contribution >= 4 is 11.6 Å². The highest BCUT2D eigenvalue weighted by molar-refractivity contribution is 5.95. The number of fused-ring (bicyclic) bond motifs is 1. The van der Waals surface area contributed by atoms with Gasteiger partial charge in [-0.05, 0) is 6.07 Å². The number of hydrogen-bond donors (Lipinski definition) is 0. The second-order valence-corrected chi connectivity index (χ2v) is 4.94. The lowest BCUT2D eigenvalue weighted by molar-refractivity contribution is -0.120. The number of para-hydroxylation sites is 1. The van der Waals surface area contributed by atoms with Crippen LogP contribution in [0.2, 0.25) is 0 Å². The maximum atomic E-state index is 13.4. The van der Waals surface area contributed by atoms with Crippen LogP contribution in [0.1, 0.15) is 5.56 Å². The van der Waals surface area contributed by atoms with Crippen molar-refractivity contribution < 1.29 is 27.4 Å². The van der Waals surface area contributed by atoms with Crippen LogP contribution in [0.3, 0.4) is 0 Å². The zero-order valence-corrected chi connectivity index (χ0v) is 12.1. The number of anilines is 1. The first-order valence-electron chi connectivity index (χ1n) is 6.75. The molecule has 0 unspecified atom stereocenters. The van der Waals surface area contributed by atoms with E-state index in [0.717, 1.165) is 17.0 Å². The van der Waals surface area contributed by atoms with Crippen molar-refractivity contribution in [2.24, 2.45) is 0 Å². The smallest absolute Gasteiger partial charge is 0.265 e. The molecule has 0 atom stereocenters. The Morgan fingerprint density at radius 2 is 1.87 bits per heavy atom. The molecule has 0 aliphatic carbocycles. The Hall–Kier alpha value is -2.70. The van der Waals surface area contributed by atoms with E-state index in [-0.39, 0.29) is 18.8 Å². The van der Waals surface area contributed by atoms with Crippen molar-refractivity contribution in [1.82, 2.24) is 0 Å². The summed E-state index contributed by atoms with van der Waals surface area (Å²) in [5.74, 6) is -3.95. The number of carbonyl (C=O) groups excluding carboxylic acids is 1. The Kier molecular flexibility index (Phi) is 3.85. The third-order valence-corrected chi connectivity index (χ3v) is 3.53. The zero-order chi connectivity index (χ0) is 16.6. The van der Waals surface area contributed by atoms with Gasteiger partial charge in [-0.25, -0.2) is 13.2 Å². The number of nitrogens with zero attached hydrogens (tertiary/aromatic N) is 1. The maximum Gasteiger partial charge on any atom is 0.265 e. The Balaban J connectivity index is 2.04. The van der Waals surface area contributed by atoms with Crippen LogP contribution in [0.15, 0.2) is 30.3 Å². The molecule has 1 aliphatic heterocycles. The topological polar surface area (TPSA) is 38.8 Å². The second kappa shape index (κ2) is 5.83. The molecule has 1 amide bonds. The number of rotatable bonds is 2. The van der Waals surface area contributed by atoms with Crippen LogP contribution in [-0.4, -0.2) is 19.6 Å². The van der Waals surface area contributed by atoms with Crippen LogP contribution >= 0.6 is 0 Å². The van der Waals surface area contributed by atoms with E-state index in [2.05, 4.69) is 0 Å². The van der Waals surface area contributed by atoms with Crippen molar-refractivity contribution in [2.45, 2.75) is 6.54 Å². The molecule has 120 valence electrons. The highest BCUT2D eigenvalue weighted by atomic mass is 19.2. The van der Waals surface area contributed by atoms with Gasteiger partial charge in [-0.3, -0.25) is 4.79 Å². The Morgan fingerprint density at radius 3 is 2.52 bits per heavy atom. The lowest BCUT2D eigenvalue weighted by Crippen LogP contribution is -2.32. The van der Waals surface area contributed by atoms with Crippen molar-refractivity contribution in [3.8, 4) is 11.5 Å². The predicted octanol–water partition coefficient (Wildman–Crippen LogP) is 3.04. The van der Waals surface area contributed by atoms with Crippen molar-refractivity contribution in [3.05, 3.63) is 53.3 Å². The van der Waals surface area contributed by atoms with E-state index in [4.69, 9.17) is 9.47 Å². The average Bonchev–Trinajstić information content (AvgIpc) is 2.71. The maximum absolute atomic E-state index is 13.4. The Bertz CT molecular complexity index is 756. The van der Waals surface area contributed by atoms with Gasteiger partial charge in [0.25, 0.3) is 5.91 Å². The summed E-state index contributed by atoms with van der Waals surface area (Å²) < 4.78 is 50.6. The molecule has 7 heteroatoms. The summed E-state index contributed by atoms with van der Waals surface area (Å²) in [6.45, 7) is -0.302. The molecule has 3 rings (SSSR count). The first kappa shape index (κ1) is 15.2. The van der Waals surface area contributed by atoms with Gasteiger partial charge in [0, 0.05) is 17.7 Å². The normalized spacial score (nSPS) is 14.1. The zero-order valence-electron chi connectivity index (χ0n) is 12.1. The van der Waals surface area contributed by atoms with Crippen LogP contribution in [0.5, 0.6) is 11.5 Å². The van der Waals surface area contributed by atoms with Gasteiger partial charge in [0.1, 0.15) is 0 Å². The van der Waals surface area contributed by atoms with Gasteiger partial charge in [-0.15, -0.1) is 0 Å². The molecular weight excluding hydrogens is 311 g/mol. The number of methoxy groups -OCH3 is 1. The minimum absolute atomic E-state index is 0.0237. The molecule has 0 bridgehead atoms. The molecule has 2 aromatic carbocycles. The van der Waals surface area contributed by atoms with Gasteiger partial charge >= 0.3 is 0 Å². The van der Waals surface area contributed by atoms with E-state index in [1.165, 1.54) is 7.11 Å². The Morgan fingerprint density at radius 1 is 1.17 bits per heavy atom. The molecule has 1 heterocycles. The van der Waals surface area contributed by atoms with Gasteiger partial charge in [-0.1, -0.05) is 12.1 Å². The summed E-state index contributed by atoms with van der Waals surface area (Å²) in [6.07, 6.45) is 0. The third kappa shape index (κ3) is 2.69. The highest BCUT2D eigenvalue weighted by Gasteiger charge is 2.26. The lowest BCUT2D eigenvalue weighted by atomic mass is 10.1. The molecule has 0 saturated carbocycles. The first-order chi connectivity index (χ1) is 11.0. The van der Waals surface area contributed by atoms with Crippen molar-refractivity contribution in [1.29, 1.82) is 0 Å². The lowest BCUT2D eigenvalue weighted by Gasteiger charge is -2.20. The van der Waals surface area contributed by atoms with Crippen LogP contribution < -0.4 is 14.4 Å².